The minimum absolute atomic E-state index is 0.00330. The molecule has 0 saturated carbocycles. The number of hydrogen-bond acceptors (Lipinski definition) is 4. The van der Waals surface area contributed by atoms with Gasteiger partial charge in [-0.05, 0) is 29.9 Å². The van der Waals surface area contributed by atoms with Gasteiger partial charge in [0.2, 0.25) is 5.91 Å². The van der Waals surface area contributed by atoms with E-state index in [1.165, 1.54) is 16.9 Å². The van der Waals surface area contributed by atoms with Crippen molar-refractivity contribution in [1.82, 2.24) is 14.7 Å². The Labute approximate surface area is 164 Å². The Bertz CT molecular complexity index is 770. The van der Waals surface area contributed by atoms with Crippen LogP contribution in [-0.4, -0.2) is 65.3 Å². The molecule has 1 atom stereocenters. The molecule has 0 spiro atoms. The number of rotatable bonds is 4. The molecule has 1 aromatic heterocycles. The smallest absolute Gasteiger partial charge is 0.264 e. The first kappa shape index (κ1) is 18.2. The zero-order chi connectivity index (χ0) is 18.6. The Morgan fingerprint density at radius 1 is 0.963 bits per heavy atom. The summed E-state index contributed by atoms with van der Waals surface area (Å²) in [6, 6.07) is 13.9. The van der Waals surface area contributed by atoms with Crippen LogP contribution in [0.5, 0.6) is 0 Å². The van der Waals surface area contributed by atoms with Crippen molar-refractivity contribution in [2.24, 2.45) is 0 Å². The predicted octanol–water partition coefficient (Wildman–Crippen LogP) is 2.70. The number of nitrogens with zero attached hydrogens (tertiary/aromatic N) is 3. The van der Waals surface area contributed by atoms with Gasteiger partial charge in [-0.15, -0.1) is 11.3 Å². The summed E-state index contributed by atoms with van der Waals surface area (Å²) in [7, 11) is 0. The summed E-state index contributed by atoms with van der Waals surface area (Å²) in [5.41, 5.74) is 1.31. The van der Waals surface area contributed by atoms with Crippen LogP contribution in [0.4, 0.5) is 0 Å². The molecular formula is C21H25N3O2S. The van der Waals surface area contributed by atoms with Gasteiger partial charge in [0, 0.05) is 39.3 Å². The molecule has 2 aliphatic rings. The first-order valence-electron chi connectivity index (χ1n) is 9.62. The monoisotopic (exact) mass is 383 g/mol. The van der Waals surface area contributed by atoms with Gasteiger partial charge in [-0.1, -0.05) is 36.4 Å². The summed E-state index contributed by atoms with van der Waals surface area (Å²) in [4.78, 5) is 32.6. The van der Waals surface area contributed by atoms with E-state index in [4.69, 9.17) is 0 Å². The molecule has 3 heterocycles. The fraction of sp³-hybridized carbons (Fsp3) is 0.429. The summed E-state index contributed by atoms with van der Waals surface area (Å²) in [6.07, 6.45) is 1.68. The Morgan fingerprint density at radius 2 is 1.74 bits per heavy atom. The molecule has 2 aromatic rings. The van der Waals surface area contributed by atoms with Gasteiger partial charge < -0.3 is 9.80 Å². The van der Waals surface area contributed by atoms with Crippen molar-refractivity contribution in [3.05, 3.63) is 58.3 Å². The minimum Gasteiger partial charge on any atom is -0.338 e. The summed E-state index contributed by atoms with van der Waals surface area (Å²) in [6.45, 7) is 4.85. The highest BCUT2D eigenvalue weighted by atomic mass is 32.1. The molecule has 2 aliphatic heterocycles. The van der Waals surface area contributed by atoms with E-state index in [-0.39, 0.29) is 17.9 Å². The third-order valence-corrected chi connectivity index (χ3v) is 6.32. The van der Waals surface area contributed by atoms with Crippen molar-refractivity contribution in [3.63, 3.8) is 0 Å². The maximum atomic E-state index is 13.1. The molecule has 142 valence electrons. The molecule has 0 bridgehead atoms. The minimum atomic E-state index is -0.291. The number of carbonyl (C=O) groups excluding carboxylic acids is 2. The molecular weight excluding hydrogens is 358 g/mol. The standard InChI is InChI=1S/C21H25N3O2S/c25-20(18-8-4-10-24(18)21(26)19-9-5-15-27-19)23-13-11-22(12-14-23)16-17-6-2-1-3-7-17/h1-3,5-7,9,15,18H,4,8,10-14,16H2. The molecule has 0 N–H and O–H groups in total. The van der Waals surface area contributed by atoms with Crippen LogP contribution < -0.4 is 0 Å². The van der Waals surface area contributed by atoms with Crippen LogP contribution in [0.1, 0.15) is 28.1 Å². The Balaban J connectivity index is 1.34. The number of benzene rings is 1. The van der Waals surface area contributed by atoms with Gasteiger partial charge in [0.15, 0.2) is 0 Å². The maximum Gasteiger partial charge on any atom is 0.264 e. The first-order chi connectivity index (χ1) is 13.2. The van der Waals surface area contributed by atoms with E-state index in [2.05, 4.69) is 29.2 Å². The molecule has 1 unspecified atom stereocenters. The summed E-state index contributed by atoms with van der Waals surface area (Å²) in [5, 5.41) is 1.91. The van der Waals surface area contributed by atoms with Crippen molar-refractivity contribution in [2.75, 3.05) is 32.7 Å². The SMILES string of the molecule is O=C(C1CCCN1C(=O)c1cccs1)N1CCN(Cc2ccccc2)CC1. The number of likely N-dealkylation sites (tertiary alicyclic amines) is 1. The van der Waals surface area contributed by atoms with E-state index < -0.39 is 0 Å². The molecule has 2 saturated heterocycles. The highest BCUT2D eigenvalue weighted by Gasteiger charge is 2.37. The van der Waals surface area contributed by atoms with Crippen LogP contribution in [0.25, 0.3) is 0 Å². The van der Waals surface area contributed by atoms with E-state index >= 15 is 0 Å². The maximum absolute atomic E-state index is 13.1. The van der Waals surface area contributed by atoms with Gasteiger partial charge in [0.05, 0.1) is 4.88 Å². The van der Waals surface area contributed by atoms with Crippen LogP contribution >= 0.6 is 11.3 Å². The largest absolute Gasteiger partial charge is 0.338 e. The van der Waals surface area contributed by atoms with Crippen molar-refractivity contribution >= 4 is 23.2 Å². The summed E-state index contributed by atoms with van der Waals surface area (Å²) in [5.74, 6) is 0.125. The van der Waals surface area contributed by atoms with E-state index in [0.29, 0.717) is 6.54 Å². The van der Waals surface area contributed by atoms with Crippen molar-refractivity contribution in [1.29, 1.82) is 0 Å². The van der Waals surface area contributed by atoms with Gasteiger partial charge >= 0.3 is 0 Å². The van der Waals surface area contributed by atoms with Crippen LogP contribution in [0.2, 0.25) is 0 Å². The third-order valence-electron chi connectivity index (χ3n) is 5.46. The van der Waals surface area contributed by atoms with Crippen LogP contribution in [0.3, 0.4) is 0 Å². The molecule has 6 heteroatoms. The normalized spacial score (nSPS) is 20.8. The quantitative estimate of drug-likeness (QED) is 0.815. The fourth-order valence-corrected chi connectivity index (χ4v) is 4.67. The molecule has 4 rings (SSSR count). The lowest BCUT2D eigenvalue weighted by molar-refractivity contribution is -0.137. The van der Waals surface area contributed by atoms with E-state index in [1.807, 2.05) is 28.5 Å². The Morgan fingerprint density at radius 3 is 2.44 bits per heavy atom. The second-order valence-electron chi connectivity index (χ2n) is 7.22. The highest BCUT2D eigenvalue weighted by Crippen LogP contribution is 2.24. The lowest BCUT2D eigenvalue weighted by Crippen LogP contribution is -2.54. The first-order valence-corrected chi connectivity index (χ1v) is 10.5. The fourth-order valence-electron chi connectivity index (χ4n) is 3.99. The van der Waals surface area contributed by atoms with Gasteiger partial charge in [-0.25, -0.2) is 0 Å². The average Bonchev–Trinajstić information content (AvgIpc) is 3.40. The Kier molecular flexibility index (Phi) is 5.55. The van der Waals surface area contributed by atoms with Gasteiger partial charge in [0.1, 0.15) is 6.04 Å². The molecule has 2 amide bonds. The average molecular weight is 384 g/mol. The topological polar surface area (TPSA) is 43.9 Å². The van der Waals surface area contributed by atoms with Crippen LogP contribution in [0, 0.1) is 0 Å². The van der Waals surface area contributed by atoms with Gasteiger partial charge in [-0.3, -0.25) is 14.5 Å². The predicted molar refractivity (Wildman–Crippen MR) is 107 cm³/mol. The van der Waals surface area contributed by atoms with Crippen molar-refractivity contribution < 1.29 is 9.59 Å². The number of hydrogen-bond donors (Lipinski definition) is 0. The second-order valence-corrected chi connectivity index (χ2v) is 8.17. The second kappa shape index (κ2) is 8.23. The number of amides is 2. The zero-order valence-electron chi connectivity index (χ0n) is 15.4. The summed E-state index contributed by atoms with van der Waals surface area (Å²) >= 11 is 1.45. The van der Waals surface area contributed by atoms with Gasteiger partial charge in [0.25, 0.3) is 5.91 Å². The van der Waals surface area contributed by atoms with Crippen LogP contribution in [0.15, 0.2) is 47.8 Å². The van der Waals surface area contributed by atoms with E-state index in [9.17, 15) is 9.59 Å². The van der Waals surface area contributed by atoms with Crippen molar-refractivity contribution in [2.45, 2.75) is 25.4 Å². The zero-order valence-corrected chi connectivity index (χ0v) is 16.2. The molecule has 0 radical (unpaired) electrons. The molecule has 0 aliphatic carbocycles. The lowest BCUT2D eigenvalue weighted by atomic mass is 10.1. The van der Waals surface area contributed by atoms with Crippen molar-refractivity contribution in [3.8, 4) is 0 Å². The van der Waals surface area contributed by atoms with Gasteiger partial charge in [-0.2, -0.15) is 0 Å². The lowest BCUT2D eigenvalue weighted by Gasteiger charge is -2.37. The van der Waals surface area contributed by atoms with E-state index in [1.54, 1.807) is 4.90 Å². The van der Waals surface area contributed by atoms with E-state index in [0.717, 1.165) is 50.4 Å². The third kappa shape index (κ3) is 4.06. The number of thiophene rings is 1. The molecule has 1 aromatic carbocycles. The summed E-state index contributed by atoms with van der Waals surface area (Å²) < 4.78 is 0. The highest BCUT2D eigenvalue weighted by molar-refractivity contribution is 7.12. The number of carbonyl (C=O) groups is 2. The van der Waals surface area contributed by atoms with Crippen LogP contribution in [-0.2, 0) is 11.3 Å². The number of piperazine rings is 1. The molecule has 27 heavy (non-hydrogen) atoms. The molecule has 2 fully saturated rings. The molecule has 5 nitrogen and oxygen atoms in total. The Hall–Kier alpha value is -2.18.